The highest BCUT2D eigenvalue weighted by molar-refractivity contribution is 5.87. The molecule has 0 spiro atoms. The molecule has 2 bridgehead atoms. The minimum absolute atomic E-state index is 0.178. The van der Waals surface area contributed by atoms with Gasteiger partial charge in [-0.05, 0) is 43.4 Å². The highest BCUT2D eigenvalue weighted by Crippen LogP contribution is 2.40. The molecule has 3 rings (SSSR count). The zero-order chi connectivity index (χ0) is 13.4. The van der Waals surface area contributed by atoms with Gasteiger partial charge in [0.05, 0.1) is 17.8 Å². The fourth-order valence-electron chi connectivity index (χ4n) is 3.34. The van der Waals surface area contributed by atoms with Crippen molar-refractivity contribution in [2.75, 3.05) is 0 Å². The van der Waals surface area contributed by atoms with Crippen LogP contribution in [0.5, 0.6) is 0 Å². The van der Waals surface area contributed by atoms with Crippen molar-refractivity contribution in [2.45, 2.75) is 43.9 Å². The predicted molar refractivity (Wildman–Crippen MR) is 71.1 cm³/mol. The Hall–Kier alpha value is -1.39. The zero-order valence-corrected chi connectivity index (χ0v) is 10.8. The van der Waals surface area contributed by atoms with Gasteiger partial charge in [-0.15, -0.1) is 0 Å². The number of carboxylic acids is 1. The van der Waals surface area contributed by atoms with Gasteiger partial charge in [0.1, 0.15) is 0 Å². The Morgan fingerprint density at radius 2 is 1.95 bits per heavy atom. The third-order valence-corrected chi connectivity index (χ3v) is 4.45. The van der Waals surface area contributed by atoms with Gasteiger partial charge in [-0.3, -0.25) is 0 Å². The summed E-state index contributed by atoms with van der Waals surface area (Å²) in [6.07, 6.45) is 4.82. The molecule has 2 heterocycles. The number of benzene rings is 1. The van der Waals surface area contributed by atoms with E-state index in [1.165, 1.54) is 5.56 Å². The molecule has 0 radical (unpaired) electrons. The number of aryl methyl sites for hydroxylation is 1. The molecule has 2 aliphatic rings. The number of rotatable bonds is 4. The van der Waals surface area contributed by atoms with E-state index in [1.807, 2.05) is 12.1 Å². The number of aromatic carboxylic acids is 1. The lowest BCUT2D eigenvalue weighted by atomic mass is 9.81. The third kappa shape index (κ3) is 2.38. The van der Waals surface area contributed by atoms with Crippen LogP contribution in [0.1, 0.15) is 35.2 Å². The molecule has 4 heteroatoms. The van der Waals surface area contributed by atoms with Gasteiger partial charge in [0.25, 0.3) is 0 Å². The first-order chi connectivity index (χ1) is 9.15. The van der Waals surface area contributed by atoms with E-state index >= 15 is 0 Å². The molecular weight excluding hydrogens is 242 g/mol. The average molecular weight is 261 g/mol. The standard InChI is InChI=1S/C15H19NO3/c16-14-11(12-7-8-13(14)19-12)6-3-9-1-4-10(5-2-9)15(17)18/h1-2,4-5,11-14H,3,6-8,16H2,(H,17,18)/t11-,12+,13-,14-/m0/s1. The molecule has 0 aromatic heterocycles. The highest BCUT2D eigenvalue weighted by Gasteiger charge is 2.46. The summed E-state index contributed by atoms with van der Waals surface area (Å²) < 4.78 is 5.83. The Morgan fingerprint density at radius 1 is 1.26 bits per heavy atom. The van der Waals surface area contributed by atoms with E-state index in [0.717, 1.165) is 25.7 Å². The van der Waals surface area contributed by atoms with Gasteiger partial charge < -0.3 is 15.6 Å². The van der Waals surface area contributed by atoms with Crippen LogP contribution in [0.3, 0.4) is 0 Å². The van der Waals surface area contributed by atoms with E-state index < -0.39 is 5.97 Å². The van der Waals surface area contributed by atoms with E-state index in [1.54, 1.807) is 12.1 Å². The molecule has 2 fully saturated rings. The smallest absolute Gasteiger partial charge is 0.335 e. The molecule has 0 saturated carbocycles. The van der Waals surface area contributed by atoms with Crippen molar-refractivity contribution < 1.29 is 14.6 Å². The summed E-state index contributed by atoms with van der Waals surface area (Å²) >= 11 is 0. The molecule has 1 aromatic carbocycles. The van der Waals surface area contributed by atoms with E-state index in [4.69, 9.17) is 15.6 Å². The lowest BCUT2D eigenvalue weighted by molar-refractivity contribution is 0.0697. The Labute approximate surface area is 112 Å². The predicted octanol–water partition coefficient (Wildman–Crippen LogP) is 1.82. The van der Waals surface area contributed by atoms with Crippen LogP contribution in [0.15, 0.2) is 24.3 Å². The second-order valence-corrected chi connectivity index (χ2v) is 5.57. The first-order valence-corrected chi connectivity index (χ1v) is 6.88. The summed E-state index contributed by atoms with van der Waals surface area (Å²) in [6, 6.07) is 7.28. The molecule has 4 atom stereocenters. The zero-order valence-electron chi connectivity index (χ0n) is 10.8. The van der Waals surface area contributed by atoms with Gasteiger partial charge in [0, 0.05) is 12.0 Å². The average Bonchev–Trinajstić information content (AvgIpc) is 2.98. The summed E-state index contributed by atoms with van der Waals surface area (Å²) in [7, 11) is 0. The van der Waals surface area contributed by atoms with Crippen LogP contribution in [0.2, 0.25) is 0 Å². The molecule has 1 aromatic rings. The van der Waals surface area contributed by atoms with Crippen LogP contribution < -0.4 is 5.73 Å². The summed E-state index contributed by atoms with van der Waals surface area (Å²) in [5.41, 5.74) is 7.69. The fraction of sp³-hybridized carbons (Fsp3) is 0.533. The van der Waals surface area contributed by atoms with Crippen LogP contribution in [0.4, 0.5) is 0 Å². The molecule has 102 valence electrons. The van der Waals surface area contributed by atoms with Crippen LogP contribution >= 0.6 is 0 Å². The number of carboxylic acid groups (broad SMARTS) is 1. The van der Waals surface area contributed by atoms with E-state index in [0.29, 0.717) is 17.6 Å². The fourth-order valence-corrected chi connectivity index (χ4v) is 3.34. The molecule has 0 unspecified atom stereocenters. The Morgan fingerprint density at radius 3 is 2.53 bits per heavy atom. The van der Waals surface area contributed by atoms with Crippen molar-refractivity contribution in [1.82, 2.24) is 0 Å². The molecule has 0 aliphatic carbocycles. The van der Waals surface area contributed by atoms with Crippen LogP contribution in [0, 0.1) is 5.92 Å². The minimum Gasteiger partial charge on any atom is -0.478 e. The van der Waals surface area contributed by atoms with Crippen molar-refractivity contribution in [3.63, 3.8) is 0 Å². The summed E-state index contributed by atoms with van der Waals surface area (Å²) in [6.45, 7) is 0. The number of nitrogens with two attached hydrogens (primary N) is 1. The quantitative estimate of drug-likeness (QED) is 0.867. The maximum atomic E-state index is 10.8. The van der Waals surface area contributed by atoms with E-state index in [9.17, 15) is 4.79 Å². The monoisotopic (exact) mass is 261 g/mol. The Bertz CT molecular complexity index is 469. The number of hydrogen-bond donors (Lipinski definition) is 2. The molecule has 0 amide bonds. The first kappa shape index (κ1) is 12.6. The van der Waals surface area contributed by atoms with Crippen LogP contribution in [-0.2, 0) is 11.2 Å². The number of ether oxygens (including phenoxy) is 1. The lowest BCUT2D eigenvalue weighted by Gasteiger charge is -2.24. The lowest BCUT2D eigenvalue weighted by Crippen LogP contribution is -2.39. The first-order valence-electron chi connectivity index (χ1n) is 6.88. The van der Waals surface area contributed by atoms with Gasteiger partial charge in [-0.25, -0.2) is 4.79 Å². The van der Waals surface area contributed by atoms with E-state index in [2.05, 4.69) is 0 Å². The molecule has 19 heavy (non-hydrogen) atoms. The van der Waals surface area contributed by atoms with Crippen molar-refractivity contribution in [1.29, 1.82) is 0 Å². The summed E-state index contributed by atoms with van der Waals surface area (Å²) in [5.74, 6) is -0.423. The van der Waals surface area contributed by atoms with Gasteiger partial charge >= 0.3 is 5.97 Å². The van der Waals surface area contributed by atoms with Crippen LogP contribution in [0.25, 0.3) is 0 Å². The maximum Gasteiger partial charge on any atom is 0.335 e. The molecule has 4 nitrogen and oxygen atoms in total. The molecule has 2 saturated heterocycles. The van der Waals surface area contributed by atoms with Crippen LogP contribution in [-0.4, -0.2) is 29.3 Å². The SMILES string of the molecule is N[C@H]1[C@@H](CCc2ccc(C(=O)O)cc2)[C@H]2CC[C@@H]1O2. The van der Waals surface area contributed by atoms with Gasteiger partial charge in [-0.1, -0.05) is 12.1 Å². The van der Waals surface area contributed by atoms with Crippen molar-refractivity contribution in [3.05, 3.63) is 35.4 Å². The number of carbonyl (C=O) groups is 1. The molecule has 2 aliphatic heterocycles. The summed E-state index contributed by atoms with van der Waals surface area (Å²) in [5, 5.41) is 8.85. The van der Waals surface area contributed by atoms with Gasteiger partial charge in [0.2, 0.25) is 0 Å². The Kier molecular flexibility index (Phi) is 3.29. The maximum absolute atomic E-state index is 10.8. The Balaban J connectivity index is 1.59. The number of hydrogen-bond acceptors (Lipinski definition) is 3. The highest BCUT2D eigenvalue weighted by atomic mass is 16.5. The van der Waals surface area contributed by atoms with Gasteiger partial charge in [0.15, 0.2) is 0 Å². The van der Waals surface area contributed by atoms with Crippen molar-refractivity contribution >= 4 is 5.97 Å². The molecular formula is C15H19NO3. The normalized spacial score (nSPS) is 32.7. The third-order valence-electron chi connectivity index (χ3n) is 4.45. The summed E-state index contributed by atoms with van der Waals surface area (Å²) in [4.78, 5) is 10.8. The van der Waals surface area contributed by atoms with Crippen molar-refractivity contribution in [3.8, 4) is 0 Å². The number of fused-ring (bicyclic) bond motifs is 2. The second-order valence-electron chi connectivity index (χ2n) is 5.57. The van der Waals surface area contributed by atoms with Gasteiger partial charge in [-0.2, -0.15) is 0 Å². The van der Waals surface area contributed by atoms with E-state index in [-0.39, 0.29) is 12.1 Å². The minimum atomic E-state index is -0.880. The topological polar surface area (TPSA) is 72.6 Å². The second kappa shape index (κ2) is 4.94. The van der Waals surface area contributed by atoms with Crippen molar-refractivity contribution in [2.24, 2.45) is 11.7 Å². The largest absolute Gasteiger partial charge is 0.478 e. The molecule has 3 N–H and O–H groups in total.